The largest absolute Gasteiger partial charge is 0.353 e. The van der Waals surface area contributed by atoms with Crippen LogP contribution < -0.4 is 5.73 Å². The van der Waals surface area contributed by atoms with Crippen molar-refractivity contribution in [2.45, 2.75) is 38.5 Å². The number of rotatable bonds is 3. The molecule has 3 nitrogen and oxygen atoms in total. The van der Waals surface area contributed by atoms with E-state index in [2.05, 4.69) is 0 Å². The maximum atomic E-state index is 10.6. The standard InChI is InChI=1S/C7H13NO2/c1-5(9)7(8)10-6-3-2-4-6/h6-7H,2-4,8H2,1H3/t7-/m1/s1. The maximum Gasteiger partial charge on any atom is 0.173 e. The Kier molecular flexibility index (Phi) is 2.40. The van der Waals surface area contributed by atoms with Gasteiger partial charge in [-0.1, -0.05) is 0 Å². The minimum Gasteiger partial charge on any atom is -0.353 e. The maximum absolute atomic E-state index is 10.6. The van der Waals surface area contributed by atoms with Crippen LogP contribution in [0.3, 0.4) is 0 Å². The fourth-order valence-corrected chi connectivity index (χ4v) is 0.810. The first-order valence-electron chi connectivity index (χ1n) is 3.61. The summed E-state index contributed by atoms with van der Waals surface area (Å²) >= 11 is 0. The second-order valence-corrected chi connectivity index (χ2v) is 2.72. The summed E-state index contributed by atoms with van der Waals surface area (Å²) in [6, 6.07) is 0. The second-order valence-electron chi connectivity index (χ2n) is 2.72. The van der Waals surface area contributed by atoms with E-state index in [1.807, 2.05) is 0 Å². The quantitative estimate of drug-likeness (QED) is 0.583. The van der Waals surface area contributed by atoms with Crippen molar-refractivity contribution in [1.82, 2.24) is 0 Å². The summed E-state index contributed by atoms with van der Waals surface area (Å²) in [7, 11) is 0. The zero-order valence-corrected chi connectivity index (χ0v) is 6.17. The number of nitrogens with two attached hydrogens (primary N) is 1. The molecule has 58 valence electrons. The van der Waals surface area contributed by atoms with Gasteiger partial charge in [-0.3, -0.25) is 10.5 Å². The Labute approximate surface area is 60.5 Å². The van der Waals surface area contributed by atoms with Gasteiger partial charge in [-0.15, -0.1) is 0 Å². The average molecular weight is 143 g/mol. The molecule has 1 aliphatic rings. The van der Waals surface area contributed by atoms with Crippen LogP contribution >= 0.6 is 0 Å². The summed E-state index contributed by atoms with van der Waals surface area (Å²) in [4.78, 5) is 10.6. The SMILES string of the molecule is CC(=O)[C@H](N)OC1CCC1. The number of Topliss-reactive ketones (excluding diaryl/α,β-unsaturated/α-hetero) is 1. The zero-order chi connectivity index (χ0) is 7.56. The highest BCUT2D eigenvalue weighted by Crippen LogP contribution is 2.22. The zero-order valence-electron chi connectivity index (χ0n) is 6.17. The van der Waals surface area contributed by atoms with E-state index in [9.17, 15) is 4.79 Å². The van der Waals surface area contributed by atoms with E-state index >= 15 is 0 Å². The third-order valence-corrected chi connectivity index (χ3v) is 1.79. The average Bonchev–Trinajstić information content (AvgIpc) is 1.77. The van der Waals surface area contributed by atoms with Gasteiger partial charge in [-0.25, -0.2) is 0 Å². The molecule has 1 saturated carbocycles. The van der Waals surface area contributed by atoms with Crippen LogP contribution in [-0.2, 0) is 9.53 Å². The molecule has 1 rings (SSSR count). The van der Waals surface area contributed by atoms with Crippen molar-refractivity contribution in [2.75, 3.05) is 0 Å². The summed E-state index contributed by atoms with van der Waals surface area (Å²) in [5.41, 5.74) is 5.36. The summed E-state index contributed by atoms with van der Waals surface area (Å²) in [6.45, 7) is 1.45. The second kappa shape index (κ2) is 3.12. The van der Waals surface area contributed by atoms with Gasteiger partial charge >= 0.3 is 0 Å². The van der Waals surface area contributed by atoms with Gasteiger partial charge in [0.15, 0.2) is 12.0 Å². The van der Waals surface area contributed by atoms with Crippen LogP contribution in [0.2, 0.25) is 0 Å². The van der Waals surface area contributed by atoms with Crippen molar-refractivity contribution in [3.05, 3.63) is 0 Å². The molecule has 0 aromatic heterocycles. The summed E-state index contributed by atoms with van der Waals surface area (Å²) in [5.74, 6) is -0.0908. The molecule has 2 N–H and O–H groups in total. The Hall–Kier alpha value is -0.410. The Morgan fingerprint density at radius 2 is 2.30 bits per heavy atom. The molecule has 0 radical (unpaired) electrons. The number of carbonyl (C=O) groups is 1. The summed E-state index contributed by atoms with van der Waals surface area (Å²) < 4.78 is 5.18. The van der Waals surface area contributed by atoms with Gasteiger partial charge in [-0.2, -0.15) is 0 Å². The highest BCUT2D eigenvalue weighted by atomic mass is 16.5. The Bertz CT molecular complexity index is 132. The predicted molar refractivity (Wildman–Crippen MR) is 37.4 cm³/mol. The molecule has 0 aromatic carbocycles. The first kappa shape index (κ1) is 7.69. The molecule has 0 saturated heterocycles. The van der Waals surface area contributed by atoms with E-state index in [0.717, 1.165) is 12.8 Å². The minimum atomic E-state index is -0.690. The van der Waals surface area contributed by atoms with Crippen LogP contribution in [0.25, 0.3) is 0 Å². The van der Waals surface area contributed by atoms with Gasteiger partial charge < -0.3 is 4.74 Å². The lowest BCUT2D eigenvalue weighted by Gasteiger charge is -2.27. The monoisotopic (exact) mass is 143 g/mol. The molecule has 0 aliphatic heterocycles. The summed E-state index contributed by atoms with van der Waals surface area (Å²) in [5, 5.41) is 0. The highest BCUT2D eigenvalue weighted by Gasteiger charge is 2.22. The smallest absolute Gasteiger partial charge is 0.173 e. The van der Waals surface area contributed by atoms with Gasteiger partial charge in [0.2, 0.25) is 0 Å². The molecule has 0 heterocycles. The molecule has 1 aliphatic carbocycles. The number of ketones is 1. The molecular weight excluding hydrogens is 130 g/mol. The van der Waals surface area contributed by atoms with Crippen LogP contribution in [0.4, 0.5) is 0 Å². The van der Waals surface area contributed by atoms with Crippen molar-refractivity contribution >= 4 is 5.78 Å². The number of hydrogen-bond acceptors (Lipinski definition) is 3. The van der Waals surface area contributed by atoms with Gasteiger partial charge in [0.1, 0.15) is 0 Å². The normalized spacial score (nSPS) is 21.8. The molecule has 0 bridgehead atoms. The first-order valence-corrected chi connectivity index (χ1v) is 3.61. The van der Waals surface area contributed by atoms with Gasteiger partial charge in [0, 0.05) is 0 Å². The van der Waals surface area contributed by atoms with E-state index < -0.39 is 6.23 Å². The van der Waals surface area contributed by atoms with Crippen LogP contribution in [-0.4, -0.2) is 18.1 Å². The predicted octanol–water partition coefficient (Wildman–Crippen LogP) is 0.429. The fourth-order valence-electron chi connectivity index (χ4n) is 0.810. The summed E-state index contributed by atoms with van der Waals surface area (Å²) in [6.07, 6.45) is 2.88. The van der Waals surface area contributed by atoms with Crippen LogP contribution in [0.5, 0.6) is 0 Å². The molecule has 1 atom stereocenters. The molecule has 1 fully saturated rings. The lowest BCUT2D eigenvalue weighted by molar-refractivity contribution is -0.135. The minimum absolute atomic E-state index is 0.0908. The molecule has 0 unspecified atom stereocenters. The number of carbonyl (C=O) groups excluding carboxylic acids is 1. The Morgan fingerprint density at radius 1 is 1.70 bits per heavy atom. The Balaban J connectivity index is 2.16. The molecular formula is C7H13NO2. The molecule has 0 aromatic rings. The van der Waals surface area contributed by atoms with Crippen molar-refractivity contribution in [1.29, 1.82) is 0 Å². The van der Waals surface area contributed by atoms with E-state index in [4.69, 9.17) is 10.5 Å². The van der Waals surface area contributed by atoms with Crippen molar-refractivity contribution < 1.29 is 9.53 Å². The fraction of sp³-hybridized carbons (Fsp3) is 0.857. The topological polar surface area (TPSA) is 52.3 Å². The van der Waals surface area contributed by atoms with Crippen molar-refractivity contribution in [3.63, 3.8) is 0 Å². The molecule has 0 spiro atoms. The van der Waals surface area contributed by atoms with Gasteiger partial charge in [0.05, 0.1) is 6.10 Å². The highest BCUT2D eigenvalue weighted by molar-refractivity contribution is 5.79. The van der Waals surface area contributed by atoms with Crippen molar-refractivity contribution in [3.8, 4) is 0 Å². The third-order valence-electron chi connectivity index (χ3n) is 1.79. The number of ether oxygens (including phenoxy) is 1. The van der Waals surface area contributed by atoms with Crippen molar-refractivity contribution in [2.24, 2.45) is 5.73 Å². The van der Waals surface area contributed by atoms with E-state index in [-0.39, 0.29) is 11.9 Å². The van der Waals surface area contributed by atoms with Gasteiger partial charge in [-0.05, 0) is 26.2 Å². The Morgan fingerprint density at radius 3 is 2.60 bits per heavy atom. The molecule has 10 heavy (non-hydrogen) atoms. The van der Waals surface area contributed by atoms with Crippen LogP contribution in [0, 0.1) is 0 Å². The lowest BCUT2D eigenvalue weighted by atomic mass is 9.96. The van der Waals surface area contributed by atoms with Crippen LogP contribution in [0.1, 0.15) is 26.2 Å². The lowest BCUT2D eigenvalue weighted by Crippen LogP contribution is -2.38. The van der Waals surface area contributed by atoms with Crippen LogP contribution in [0.15, 0.2) is 0 Å². The third kappa shape index (κ3) is 1.78. The molecule has 0 amide bonds. The van der Waals surface area contributed by atoms with E-state index in [0.29, 0.717) is 0 Å². The first-order chi connectivity index (χ1) is 4.70. The van der Waals surface area contributed by atoms with E-state index in [1.54, 1.807) is 0 Å². The number of hydrogen-bond donors (Lipinski definition) is 1. The molecule has 3 heteroatoms. The van der Waals surface area contributed by atoms with E-state index in [1.165, 1.54) is 13.3 Å². The van der Waals surface area contributed by atoms with Gasteiger partial charge in [0.25, 0.3) is 0 Å².